The third kappa shape index (κ3) is 2.33. The lowest BCUT2D eigenvalue weighted by molar-refractivity contribution is -0.153. The molecule has 3 nitrogen and oxygen atoms in total. The van der Waals surface area contributed by atoms with Crippen molar-refractivity contribution >= 4 is 17.6 Å². The highest BCUT2D eigenvalue weighted by Crippen LogP contribution is 2.34. The number of halogens is 2. The number of rotatable bonds is 3. The average Bonchev–Trinajstić information content (AvgIpc) is 2.20. The molecular weight excluding hydrogens is 235 g/mol. The normalized spacial score (nSPS) is 13.6. The zero-order chi connectivity index (χ0) is 12.5. The number of aliphatic hydroxyl groups is 1. The first-order chi connectivity index (χ1) is 7.26. The maximum atomic E-state index is 12.9. The fourth-order valence-corrected chi connectivity index (χ4v) is 1.41. The minimum Gasteiger partial charge on any atom is -0.481 e. The highest BCUT2D eigenvalue weighted by atomic mass is 35.5. The van der Waals surface area contributed by atoms with Crippen molar-refractivity contribution in [2.24, 2.45) is 5.41 Å². The van der Waals surface area contributed by atoms with E-state index in [1.807, 2.05) is 0 Å². The summed E-state index contributed by atoms with van der Waals surface area (Å²) in [5.74, 6) is -1.74. The second-order valence-electron chi connectivity index (χ2n) is 4.10. The fourth-order valence-electron chi connectivity index (χ4n) is 1.22. The van der Waals surface area contributed by atoms with Crippen LogP contribution in [0, 0.1) is 11.2 Å². The Morgan fingerprint density at radius 3 is 2.50 bits per heavy atom. The third-order valence-electron chi connectivity index (χ3n) is 2.49. The van der Waals surface area contributed by atoms with Gasteiger partial charge in [0.15, 0.2) is 0 Å². The molecule has 1 aromatic carbocycles. The van der Waals surface area contributed by atoms with E-state index in [0.29, 0.717) is 0 Å². The van der Waals surface area contributed by atoms with Crippen LogP contribution in [0.4, 0.5) is 4.39 Å². The molecule has 1 atom stereocenters. The summed E-state index contributed by atoms with van der Waals surface area (Å²) in [6.07, 6.45) is -1.25. The first kappa shape index (κ1) is 12.9. The van der Waals surface area contributed by atoms with Crippen LogP contribution in [0.3, 0.4) is 0 Å². The maximum Gasteiger partial charge on any atom is 0.312 e. The predicted molar refractivity (Wildman–Crippen MR) is 57.8 cm³/mol. The van der Waals surface area contributed by atoms with Crippen LogP contribution in [0.25, 0.3) is 0 Å². The zero-order valence-electron chi connectivity index (χ0n) is 8.87. The molecule has 0 aliphatic rings. The summed E-state index contributed by atoms with van der Waals surface area (Å²) in [5.41, 5.74) is -1.08. The molecule has 0 heterocycles. The van der Waals surface area contributed by atoms with Crippen molar-refractivity contribution in [1.82, 2.24) is 0 Å². The van der Waals surface area contributed by atoms with E-state index in [0.717, 1.165) is 6.07 Å². The summed E-state index contributed by atoms with van der Waals surface area (Å²) in [5, 5.41) is 18.7. The molecule has 0 aromatic heterocycles. The number of hydrogen-bond donors (Lipinski definition) is 2. The van der Waals surface area contributed by atoms with Crippen LogP contribution in [-0.2, 0) is 4.79 Å². The molecule has 0 aliphatic heterocycles. The minimum absolute atomic E-state index is 0.141. The SMILES string of the molecule is CC(C)(C(=O)O)C(O)c1ccc(F)c(Cl)c1. The number of carboxylic acids is 1. The van der Waals surface area contributed by atoms with Gasteiger partial charge in [0.05, 0.1) is 16.5 Å². The van der Waals surface area contributed by atoms with Crippen molar-refractivity contribution in [3.63, 3.8) is 0 Å². The lowest BCUT2D eigenvalue weighted by atomic mass is 9.83. The van der Waals surface area contributed by atoms with Gasteiger partial charge in [-0.2, -0.15) is 0 Å². The van der Waals surface area contributed by atoms with E-state index < -0.39 is 23.3 Å². The van der Waals surface area contributed by atoms with E-state index >= 15 is 0 Å². The smallest absolute Gasteiger partial charge is 0.312 e. The molecule has 1 unspecified atom stereocenters. The van der Waals surface area contributed by atoms with Crippen LogP contribution < -0.4 is 0 Å². The zero-order valence-corrected chi connectivity index (χ0v) is 9.62. The highest BCUT2D eigenvalue weighted by molar-refractivity contribution is 6.30. The van der Waals surface area contributed by atoms with Gasteiger partial charge in [-0.25, -0.2) is 4.39 Å². The van der Waals surface area contributed by atoms with Crippen molar-refractivity contribution in [2.75, 3.05) is 0 Å². The molecule has 5 heteroatoms. The van der Waals surface area contributed by atoms with E-state index in [1.165, 1.54) is 26.0 Å². The van der Waals surface area contributed by atoms with Gasteiger partial charge in [0.25, 0.3) is 0 Å². The maximum absolute atomic E-state index is 12.9. The molecule has 0 spiro atoms. The Hall–Kier alpha value is -1.13. The molecule has 0 fully saturated rings. The molecule has 1 aromatic rings. The molecule has 0 bridgehead atoms. The molecule has 0 amide bonds. The lowest BCUT2D eigenvalue weighted by Gasteiger charge is -2.26. The van der Waals surface area contributed by atoms with E-state index in [9.17, 15) is 14.3 Å². The van der Waals surface area contributed by atoms with Crippen LogP contribution in [0.1, 0.15) is 25.5 Å². The van der Waals surface area contributed by atoms with Crippen molar-refractivity contribution in [1.29, 1.82) is 0 Å². The van der Waals surface area contributed by atoms with Gasteiger partial charge in [0.2, 0.25) is 0 Å². The van der Waals surface area contributed by atoms with Gasteiger partial charge in [-0.3, -0.25) is 4.79 Å². The van der Waals surface area contributed by atoms with E-state index in [2.05, 4.69) is 0 Å². The molecule has 0 saturated carbocycles. The molecule has 0 radical (unpaired) electrons. The van der Waals surface area contributed by atoms with Gasteiger partial charge < -0.3 is 10.2 Å². The summed E-state index contributed by atoms with van der Waals surface area (Å²) in [4.78, 5) is 10.9. The Morgan fingerprint density at radius 2 is 2.06 bits per heavy atom. The standard InChI is InChI=1S/C11H12ClFO3/c1-11(2,10(15)16)9(14)6-3-4-8(13)7(12)5-6/h3-5,9,14H,1-2H3,(H,15,16). The summed E-state index contributed by atoms with van der Waals surface area (Å²) in [6, 6.07) is 3.64. The van der Waals surface area contributed by atoms with Crippen molar-refractivity contribution in [3.8, 4) is 0 Å². The predicted octanol–water partition coefficient (Wildman–Crippen LogP) is 2.62. The molecule has 88 valence electrons. The second-order valence-corrected chi connectivity index (χ2v) is 4.51. The topological polar surface area (TPSA) is 57.5 Å². The minimum atomic E-state index is -1.36. The first-order valence-electron chi connectivity index (χ1n) is 4.63. The van der Waals surface area contributed by atoms with Crippen LogP contribution in [0.2, 0.25) is 5.02 Å². The van der Waals surface area contributed by atoms with Crippen LogP contribution in [-0.4, -0.2) is 16.2 Å². The number of aliphatic carboxylic acids is 1. The Bertz CT molecular complexity index is 418. The van der Waals surface area contributed by atoms with E-state index in [1.54, 1.807) is 0 Å². The third-order valence-corrected chi connectivity index (χ3v) is 2.78. The van der Waals surface area contributed by atoms with Crippen molar-refractivity contribution in [3.05, 3.63) is 34.6 Å². The largest absolute Gasteiger partial charge is 0.481 e. The monoisotopic (exact) mass is 246 g/mol. The summed E-state index contributed by atoms with van der Waals surface area (Å²) in [6.45, 7) is 2.77. The quantitative estimate of drug-likeness (QED) is 0.862. The number of benzene rings is 1. The molecular formula is C11H12ClFO3. The van der Waals surface area contributed by atoms with Gasteiger partial charge in [0.1, 0.15) is 5.82 Å². The van der Waals surface area contributed by atoms with Crippen molar-refractivity contribution < 1.29 is 19.4 Å². The molecule has 1 rings (SSSR count). The Kier molecular flexibility index (Phi) is 3.55. The van der Waals surface area contributed by atoms with Gasteiger partial charge in [0, 0.05) is 0 Å². The fraction of sp³-hybridized carbons (Fsp3) is 0.364. The van der Waals surface area contributed by atoms with Crippen LogP contribution in [0.15, 0.2) is 18.2 Å². The number of aliphatic hydroxyl groups excluding tert-OH is 1. The second kappa shape index (κ2) is 4.39. The number of hydrogen-bond acceptors (Lipinski definition) is 2. The van der Waals surface area contributed by atoms with Crippen molar-refractivity contribution in [2.45, 2.75) is 20.0 Å². The van der Waals surface area contributed by atoms with Gasteiger partial charge in [-0.15, -0.1) is 0 Å². The molecule has 0 saturated heterocycles. The lowest BCUT2D eigenvalue weighted by Crippen LogP contribution is -2.31. The Morgan fingerprint density at radius 1 is 1.50 bits per heavy atom. The van der Waals surface area contributed by atoms with E-state index in [-0.39, 0.29) is 10.6 Å². The van der Waals surface area contributed by atoms with E-state index in [4.69, 9.17) is 16.7 Å². The van der Waals surface area contributed by atoms with Gasteiger partial charge >= 0.3 is 5.97 Å². The average molecular weight is 247 g/mol. The van der Waals surface area contributed by atoms with Gasteiger partial charge in [-0.05, 0) is 31.5 Å². The summed E-state index contributed by atoms with van der Waals surface area (Å²) >= 11 is 5.55. The molecule has 0 aliphatic carbocycles. The molecule has 2 N–H and O–H groups in total. The highest BCUT2D eigenvalue weighted by Gasteiger charge is 2.36. The summed E-state index contributed by atoms with van der Waals surface area (Å²) < 4.78 is 12.9. The van der Waals surface area contributed by atoms with Crippen LogP contribution in [0.5, 0.6) is 0 Å². The number of carbonyl (C=O) groups is 1. The molecule has 16 heavy (non-hydrogen) atoms. The first-order valence-corrected chi connectivity index (χ1v) is 5.01. The summed E-state index contributed by atoms with van der Waals surface area (Å²) in [7, 11) is 0. The van der Waals surface area contributed by atoms with Crippen LogP contribution >= 0.6 is 11.6 Å². The Labute approximate surface area is 97.5 Å². The number of carboxylic acid groups (broad SMARTS) is 1. The van der Waals surface area contributed by atoms with Gasteiger partial charge in [-0.1, -0.05) is 17.7 Å². The Balaban J connectivity index is 3.10.